The van der Waals surface area contributed by atoms with Gasteiger partial charge in [0.15, 0.2) is 0 Å². The van der Waals surface area contributed by atoms with Crippen LogP contribution in [0, 0.1) is 11.3 Å². The minimum absolute atomic E-state index is 0.430. The van der Waals surface area contributed by atoms with Crippen molar-refractivity contribution in [2.75, 3.05) is 36.8 Å². The summed E-state index contributed by atoms with van der Waals surface area (Å²) in [5.41, 5.74) is 4.17. The number of hydrogen-bond donors (Lipinski definition) is 0. The van der Waals surface area contributed by atoms with E-state index in [-0.39, 0.29) is 0 Å². The predicted molar refractivity (Wildman–Crippen MR) is 133 cm³/mol. The van der Waals surface area contributed by atoms with Gasteiger partial charge in [0.05, 0.1) is 30.6 Å². The van der Waals surface area contributed by atoms with Crippen LogP contribution in [0.5, 0.6) is 5.75 Å². The van der Waals surface area contributed by atoms with Crippen LogP contribution >= 0.6 is 11.8 Å². The number of nitriles is 1. The number of fused-ring (bicyclic) bond motifs is 1. The first-order chi connectivity index (χ1) is 16.5. The number of methoxy groups -OCH3 is 1. The van der Waals surface area contributed by atoms with E-state index in [0.29, 0.717) is 43.2 Å². The largest absolute Gasteiger partial charge is 0.497 e. The van der Waals surface area contributed by atoms with Gasteiger partial charge < -0.3 is 4.74 Å². The molecule has 2 aliphatic rings. The van der Waals surface area contributed by atoms with Crippen molar-refractivity contribution >= 4 is 27.5 Å². The zero-order chi connectivity index (χ0) is 23.7. The first-order valence-corrected chi connectivity index (χ1v) is 13.5. The molecule has 34 heavy (non-hydrogen) atoms. The number of likely N-dealkylation sites (tertiary alicyclic amines) is 1. The summed E-state index contributed by atoms with van der Waals surface area (Å²) in [5.74, 6) is 1.49. The lowest BCUT2D eigenvalue weighted by molar-refractivity contribution is 0.175. The standard InChI is InChI=1S/C25H24N4O3S2/c1-32-21-8-4-19(5-9-21)15-28-16-22(17-28)34(30,31)29-10-11-33-25-23(13-27-14-24(25)29)20-6-2-18(12-26)3-7-20/h2-9,13-14,22H,10-11,15-17H2,1H3. The molecule has 174 valence electrons. The number of rotatable bonds is 6. The quantitative estimate of drug-likeness (QED) is 0.518. The van der Waals surface area contributed by atoms with Crippen LogP contribution in [-0.2, 0) is 16.6 Å². The fourth-order valence-electron chi connectivity index (χ4n) is 4.32. The Morgan fingerprint density at radius 2 is 1.85 bits per heavy atom. The average molecular weight is 493 g/mol. The molecule has 3 heterocycles. The van der Waals surface area contributed by atoms with Crippen molar-refractivity contribution < 1.29 is 13.2 Å². The number of nitrogens with zero attached hydrogens (tertiary/aromatic N) is 4. The summed E-state index contributed by atoms with van der Waals surface area (Å²) in [6, 6.07) is 17.3. The Balaban J connectivity index is 1.33. The van der Waals surface area contributed by atoms with Crippen molar-refractivity contribution in [2.24, 2.45) is 0 Å². The van der Waals surface area contributed by atoms with Crippen LogP contribution in [-0.4, -0.2) is 56.0 Å². The van der Waals surface area contributed by atoms with E-state index < -0.39 is 15.3 Å². The van der Waals surface area contributed by atoms with E-state index >= 15 is 0 Å². The molecule has 0 radical (unpaired) electrons. The fraction of sp³-hybridized carbons (Fsp3) is 0.280. The van der Waals surface area contributed by atoms with E-state index in [9.17, 15) is 8.42 Å². The molecule has 5 rings (SSSR count). The van der Waals surface area contributed by atoms with Gasteiger partial charge in [0.25, 0.3) is 0 Å². The molecular formula is C25H24N4O3S2. The molecule has 0 unspecified atom stereocenters. The second kappa shape index (κ2) is 9.29. The van der Waals surface area contributed by atoms with Gasteiger partial charge in [-0.15, -0.1) is 11.8 Å². The zero-order valence-corrected chi connectivity index (χ0v) is 20.3. The van der Waals surface area contributed by atoms with Gasteiger partial charge in [0.1, 0.15) is 11.0 Å². The van der Waals surface area contributed by atoms with Gasteiger partial charge in [-0.25, -0.2) is 8.42 Å². The normalized spacial score (nSPS) is 16.4. The van der Waals surface area contributed by atoms with Crippen LogP contribution in [0.25, 0.3) is 11.1 Å². The summed E-state index contributed by atoms with van der Waals surface area (Å²) in [4.78, 5) is 7.43. The highest BCUT2D eigenvalue weighted by Crippen LogP contribution is 2.43. The van der Waals surface area contributed by atoms with Crippen molar-refractivity contribution in [3.05, 3.63) is 72.1 Å². The number of pyridine rings is 1. The van der Waals surface area contributed by atoms with E-state index in [1.54, 1.807) is 47.7 Å². The van der Waals surface area contributed by atoms with E-state index in [4.69, 9.17) is 10.00 Å². The third-order valence-electron chi connectivity index (χ3n) is 6.23. The molecule has 1 aromatic heterocycles. The van der Waals surface area contributed by atoms with Crippen LogP contribution in [0.2, 0.25) is 0 Å². The van der Waals surface area contributed by atoms with Crippen LogP contribution in [0.1, 0.15) is 11.1 Å². The molecule has 9 heteroatoms. The minimum Gasteiger partial charge on any atom is -0.497 e. The topological polar surface area (TPSA) is 86.5 Å². The lowest BCUT2D eigenvalue weighted by atomic mass is 10.1. The summed E-state index contributed by atoms with van der Waals surface area (Å²) >= 11 is 1.65. The predicted octanol–water partition coefficient (Wildman–Crippen LogP) is 3.76. The number of sulfonamides is 1. The lowest BCUT2D eigenvalue weighted by Crippen LogP contribution is -2.58. The molecule has 2 aliphatic heterocycles. The second-order valence-electron chi connectivity index (χ2n) is 8.35. The molecule has 3 aromatic rings. The van der Waals surface area contributed by atoms with Gasteiger partial charge in [-0.1, -0.05) is 24.3 Å². The number of benzene rings is 2. The van der Waals surface area contributed by atoms with Crippen molar-refractivity contribution in [1.82, 2.24) is 9.88 Å². The van der Waals surface area contributed by atoms with Crippen molar-refractivity contribution in [2.45, 2.75) is 16.7 Å². The number of hydrogen-bond acceptors (Lipinski definition) is 7. The summed E-state index contributed by atoms with van der Waals surface area (Å²) in [6.45, 7) is 2.17. The molecule has 0 atom stereocenters. The van der Waals surface area contributed by atoms with Gasteiger partial charge in [0, 0.05) is 48.6 Å². The van der Waals surface area contributed by atoms with Crippen molar-refractivity contribution in [1.29, 1.82) is 5.26 Å². The molecule has 1 saturated heterocycles. The second-order valence-corrected chi connectivity index (χ2v) is 11.6. The maximum Gasteiger partial charge on any atom is 0.240 e. The Labute approximate surface area is 204 Å². The summed E-state index contributed by atoms with van der Waals surface area (Å²) in [7, 11) is -1.87. The highest BCUT2D eigenvalue weighted by molar-refractivity contribution is 8.00. The van der Waals surface area contributed by atoms with E-state index in [1.807, 2.05) is 36.4 Å². The Morgan fingerprint density at radius 1 is 1.12 bits per heavy atom. The van der Waals surface area contributed by atoms with Crippen LogP contribution in [0.15, 0.2) is 65.8 Å². The van der Waals surface area contributed by atoms with E-state index in [2.05, 4.69) is 16.0 Å². The fourth-order valence-corrected chi connectivity index (χ4v) is 7.53. The van der Waals surface area contributed by atoms with Crippen LogP contribution in [0.4, 0.5) is 5.69 Å². The maximum absolute atomic E-state index is 13.6. The molecule has 7 nitrogen and oxygen atoms in total. The molecule has 0 amide bonds. The van der Waals surface area contributed by atoms with Crippen LogP contribution < -0.4 is 9.04 Å². The SMILES string of the molecule is COc1ccc(CN2CC(S(=O)(=O)N3CCSc4c(-c5ccc(C#N)cc5)cncc43)C2)cc1. The molecule has 0 aliphatic carbocycles. The third kappa shape index (κ3) is 4.25. The minimum atomic E-state index is -3.51. The van der Waals surface area contributed by atoms with Crippen molar-refractivity contribution in [3.63, 3.8) is 0 Å². The lowest BCUT2D eigenvalue weighted by Gasteiger charge is -2.42. The first-order valence-electron chi connectivity index (χ1n) is 11.0. The molecule has 1 fully saturated rings. The van der Waals surface area contributed by atoms with E-state index in [1.165, 1.54) is 0 Å². The summed E-state index contributed by atoms with van der Waals surface area (Å²) in [6.07, 6.45) is 3.42. The number of thioether (sulfide) groups is 1. The molecule has 0 saturated carbocycles. The molecular weight excluding hydrogens is 468 g/mol. The number of ether oxygens (including phenoxy) is 1. The van der Waals surface area contributed by atoms with Gasteiger partial charge in [-0.05, 0) is 35.4 Å². The first kappa shape index (κ1) is 22.7. The van der Waals surface area contributed by atoms with Crippen molar-refractivity contribution in [3.8, 4) is 22.9 Å². The highest BCUT2D eigenvalue weighted by Gasteiger charge is 2.42. The average Bonchev–Trinajstić information content (AvgIpc) is 2.85. The number of anilines is 1. The number of aromatic nitrogens is 1. The summed E-state index contributed by atoms with van der Waals surface area (Å²) in [5, 5.41) is 8.64. The van der Waals surface area contributed by atoms with Gasteiger partial charge in [-0.2, -0.15) is 5.26 Å². The monoisotopic (exact) mass is 492 g/mol. The Hall–Kier alpha value is -3.06. The van der Waals surface area contributed by atoms with Gasteiger partial charge in [-0.3, -0.25) is 14.2 Å². The van der Waals surface area contributed by atoms with Gasteiger partial charge >= 0.3 is 0 Å². The third-order valence-corrected chi connectivity index (χ3v) is 9.47. The Bertz CT molecular complexity index is 1330. The maximum atomic E-state index is 13.6. The van der Waals surface area contributed by atoms with E-state index in [0.717, 1.165) is 27.3 Å². The molecule has 2 aromatic carbocycles. The highest BCUT2D eigenvalue weighted by atomic mass is 32.2. The summed E-state index contributed by atoms with van der Waals surface area (Å²) < 4.78 is 33.9. The molecule has 0 bridgehead atoms. The Kier molecular flexibility index (Phi) is 6.21. The van der Waals surface area contributed by atoms with Gasteiger partial charge in [0.2, 0.25) is 10.0 Å². The smallest absolute Gasteiger partial charge is 0.240 e. The van der Waals surface area contributed by atoms with Crippen LogP contribution in [0.3, 0.4) is 0 Å². The Morgan fingerprint density at radius 3 is 2.53 bits per heavy atom. The molecule has 0 N–H and O–H groups in total. The zero-order valence-electron chi connectivity index (χ0n) is 18.7. The molecule has 0 spiro atoms.